The zero-order chi connectivity index (χ0) is 3.58. The van der Waals surface area contributed by atoms with Gasteiger partial charge in [-0.2, -0.15) is 0 Å². The van der Waals surface area contributed by atoms with E-state index in [1.165, 1.54) is 0 Å². The van der Waals surface area contributed by atoms with E-state index in [1.807, 2.05) is 0 Å². The first-order chi connectivity index (χ1) is 1.73. The predicted molar refractivity (Wildman–Crippen MR) is 10.0 cm³/mol. The zero-order valence-corrected chi connectivity index (χ0v) is 5.42. The summed E-state index contributed by atoms with van der Waals surface area (Å²) in [5.41, 5.74) is 0. The first kappa shape index (κ1) is 9.40. The van der Waals surface area contributed by atoms with Gasteiger partial charge in [0, 0.05) is 0 Å². The Labute approximate surface area is 53.6 Å². The van der Waals surface area contributed by atoms with Crippen molar-refractivity contribution in [3.8, 4) is 0 Å². The van der Waals surface area contributed by atoms with Gasteiger partial charge in [-0.1, -0.05) is 0 Å². The van der Waals surface area contributed by atoms with Crippen molar-refractivity contribution in [1.29, 1.82) is 0 Å². The fraction of sp³-hybridized carbons (Fsp3) is 0. The second-order valence-electron chi connectivity index (χ2n) is 0.194. The Morgan fingerprint density at radius 2 is 1.80 bits per heavy atom. The summed E-state index contributed by atoms with van der Waals surface area (Å²) in [6.45, 7) is 0. The third-order valence-corrected chi connectivity index (χ3v) is 0. The van der Waals surface area contributed by atoms with Gasteiger partial charge >= 0.3 is 29.6 Å². The van der Waals surface area contributed by atoms with Crippen LogP contribution in [0.3, 0.4) is 0 Å². The minimum atomic E-state index is -3.36. The molecule has 0 amide bonds. The number of hydrogen-bond acceptors (Lipinski definition) is 2. The van der Waals surface area contributed by atoms with Crippen LogP contribution in [0.4, 0.5) is 3.89 Å². The van der Waals surface area contributed by atoms with Gasteiger partial charge in [-0.05, 0) is 0 Å². The molecule has 26 valence electrons. The third kappa shape index (κ3) is 43.1. The van der Waals surface area contributed by atoms with E-state index in [2.05, 4.69) is 0 Å². The van der Waals surface area contributed by atoms with Gasteiger partial charge in [0.1, 0.15) is 11.5 Å². The molecule has 0 aliphatic rings. The molecule has 0 aromatic carbocycles. The van der Waals surface area contributed by atoms with Crippen molar-refractivity contribution >= 4 is 11.5 Å². The van der Waals surface area contributed by atoms with Crippen LogP contribution in [0.2, 0.25) is 0 Å². The number of halogens is 1. The molecule has 0 saturated carbocycles. The maximum Gasteiger partial charge on any atom is 1.00 e. The summed E-state index contributed by atoms with van der Waals surface area (Å²) in [7, 11) is 0. The molecule has 5 heteroatoms. The molecule has 0 heterocycles. The fourth-order valence-corrected chi connectivity index (χ4v) is 0. The van der Waals surface area contributed by atoms with E-state index in [9.17, 15) is 3.89 Å². The SMILES string of the molecule is O=S([O-])F.[Na+]. The van der Waals surface area contributed by atoms with Gasteiger partial charge in [0.05, 0.1) is 0 Å². The maximum absolute atomic E-state index is 9.92. The molecule has 1 atom stereocenters. The maximum atomic E-state index is 9.92. The van der Waals surface area contributed by atoms with Crippen molar-refractivity contribution in [1.82, 2.24) is 0 Å². The van der Waals surface area contributed by atoms with Crippen molar-refractivity contribution < 1.29 is 42.2 Å². The molecule has 0 rings (SSSR count). The molecule has 0 aromatic rings. The topological polar surface area (TPSA) is 40.1 Å². The molecule has 2 nitrogen and oxygen atoms in total. The molecule has 0 spiro atoms. The van der Waals surface area contributed by atoms with Gasteiger partial charge in [-0.15, -0.1) is 3.89 Å². The second-order valence-corrected chi connectivity index (χ2v) is 0.582. The smallest absolute Gasteiger partial charge is 0.746 e. The summed E-state index contributed by atoms with van der Waals surface area (Å²) in [6, 6.07) is 0. The Bertz CT molecular complexity index is 32.6. The average Bonchev–Trinajstić information content (AvgIpc) is 0.811. The average molecular weight is 106 g/mol. The van der Waals surface area contributed by atoms with E-state index in [1.54, 1.807) is 0 Å². The molecular weight excluding hydrogens is 106 g/mol. The van der Waals surface area contributed by atoms with Gasteiger partial charge in [0.15, 0.2) is 0 Å². The van der Waals surface area contributed by atoms with E-state index in [0.29, 0.717) is 0 Å². The van der Waals surface area contributed by atoms with Crippen LogP contribution < -0.4 is 29.6 Å². The predicted octanol–water partition coefficient (Wildman–Crippen LogP) is -3.25. The van der Waals surface area contributed by atoms with Crippen LogP contribution in [-0.4, -0.2) is 8.76 Å². The summed E-state index contributed by atoms with van der Waals surface area (Å²) in [5, 5.41) is 0. The first-order valence-corrected chi connectivity index (χ1v) is 1.46. The standard InChI is InChI=1S/FHO2S.Na/c1-4(2)3;/h(H,2,3);/q;+1/p-1. The molecule has 0 saturated heterocycles. The van der Waals surface area contributed by atoms with E-state index in [4.69, 9.17) is 8.76 Å². The van der Waals surface area contributed by atoms with Crippen molar-refractivity contribution in [2.24, 2.45) is 0 Å². The number of rotatable bonds is 0. The van der Waals surface area contributed by atoms with Gasteiger partial charge in [0.25, 0.3) is 0 Å². The molecule has 0 aliphatic carbocycles. The van der Waals surface area contributed by atoms with E-state index in [0.717, 1.165) is 0 Å². The molecule has 0 fully saturated rings. The van der Waals surface area contributed by atoms with Crippen LogP contribution >= 0.6 is 0 Å². The van der Waals surface area contributed by atoms with Crippen LogP contribution in [0.5, 0.6) is 0 Å². The molecule has 1 unspecified atom stereocenters. The summed E-state index contributed by atoms with van der Waals surface area (Å²) >= 11 is -3.36. The van der Waals surface area contributed by atoms with Crippen LogP contribution in [0, 0.1) is 0 Å². The molecule has 0 bridgehead atoms. The van der Waals surface area contributed by atoms with Gasteiger partial charge in [-0.25, -0.2) is 4.21 Å². The molecule has 0 radical (unpaired) electrons. The minimum Gasteiger partial charge on any atom is -0.746 e. The van der Waals surface area contributed by atoms with Crippen LogP contribution in [0.25, 0.3) is 0 Å². The largest absolute Gasteiger partial charge is 1.00 e. The number of hydrogen-bond donors (Lipinski definition) is 0. The third-order valence-electron chi connectivity index (χ3n) is 0. The quantitative estimate of drug-likeness (QED) is 0.185. The van der Waals surface area contributed by atoms with Gasteiger partial charge in [-0.3, -0.25) is 0 Å². The summed E-state index contributed by atoms with van der Waals surface area (Å²) in [4.78, 5) is 0. The fourth-order valence-electron chi connectivity index (χ4n) is 0. The van der Waals surface area contributed by atoms with E-state index < -0.39 is 11.5 Å². The van der Waals surface area contributed by atoms with E-state index in [-0.39, 0.29) is 29.6 Å². The van der Waals surface area contributed by atoms with Crippen LogP contribution in [0.15, 0.2) is 0 Å². The monoisotopic (exact) mass is 106 g/mol. The van der Waals surface area contributed by atoms with Crippen molar-refractivity contribution in [3.05, 3.63) is 0 Å². The summed E-state index contributed by atoms with van der Waals surface area (Å²) in [6.07, 6.45) is 0. The normalized spacial score (nSPS) is 12.4. The Hall–Kier alpha value is 1.04. The Kier molecular flexibility index (Phi) is 9.48. The first-order valence-electron chi connectivity index (χ1n) is 0.488. The van der Waals surface area contributed by atoms with Gasteiger partial charge < -0.3 is 4.55 Å². The summed E-state index contributed by atoms with van der Waals surface area (Å²) < 4.78 is 26.6. The second kappa shape index (κ2) is 5.04. The van der Waals surface area contributed by atoms with Crippen molar-refractivity contribution in [2.75, 3.05) is 0 Å². The molecule has 0 aliphatic heterocycles. The summed E-state index contributed by atoms with van der Waals surface area (Å²) in [5.74, 6) is 0. The zero-order valence-electron chi connectivity index (χ0n) is 2.60. The van der Waals surface area contributed by atoms with Crippen LogP contribution in [-0.2, 0) is 11.5 Å². The van der Waals surface area contributed by atoms with Crippen molar-refractivity contribution in [2.45, 2.75) is 0 Å². The Morgan fingerprint density at radius 3 is 1.80 bits per heavy atom. The van der Waals surface area contributed by atoms with E-state index >= 15 is 0 Å². The molecule has 0 N–H and O–H groups in total. The Balaban J connectivity index is 0. The molecule has 0 aromatic heterocycles. The Morgan fingerprint density at radius 1 is 1.80 bits per heavy atom. The molecular formula is FNaO2S. The molecule has 5 heavy (non-hydrogen) atoms. The minimum absolute atomic E-state index is 0. The van der Waals surface area contributed by atoms with Gasteiger partial charge in [0.2, 0.25) is 0 Å². The van der Waals surface area contributed by atoms with Crippen molar-refractivity contribution in [3.63, 3.8) is 0 Å². The van der Waals surface area contributed by atoms with Crippen LogP contribution in [0.1, 0.15) is 0 Å².